The van der Waals surface area contributed by atoms with Crippen molar-refractivity contribution in [2.75, 3.05) is 11.9 Å². The predicted molar refractivity (Wildman–Crippen MR) is 52.5 cm³/mol. The number of aromatic hydroxyl groups is 1. The first kappa shape index (κ1) is 9.05. The van der Waals surface area contributed by atoms with Gasteiger partial charge in [-0.15, -0.1) is 0 Å². The van der Waals surface area contributed by atoms with Crippen molar-refractivity contribution in [1.29, 1.82) is 0 Å². The summed E-state index contributed by atoms with van der Waals surface area (Å²) in [6.45, 7) is 2.37. The molecule has 0 aromatic carbocycles. The van der Waals surface area contributed by atoms with Gasteiger partial charge in [0.15, 0.2) is 5.69 Å². The number of aryl methyl sites for hydroxylation is 1. The van der Waals surface area contributed by atoms with Crippen LogP contribution < -0.4 is 10.9 Å². The molecule has 5 nitrogen and oxygen atoms in total. The van der Waals surface area contributed by atoms with Crippen molar-refractivity contribution in [3.05, 3.63) is 16.2 Å². The van der Waals surface area contributed by atoms with Crippen molar-refractivity contribution in [3.8, 4) is 5.88 Å². The van der Waals surface area contributed by atoms with E-state index in [0.29, 0.717) is 11.7 Å². The van der Waals surface area contributed by atoms with Crippen LogP contribution in [0.25, 0.3) is 0 Å². The highest BCUT2D eigenvalue weighted by Gasteiger charge is 2.21. The SMILES string of the molecule is Cc1nc(O)c(NCC2CC2)c(=O)[nH]1. The normalized spacial score (nSPS) is 15.5. The summed E-state index contributed by atoms with van der Waals surface area (Å²) in [5.74, 6) is 0.853. The van der Waals surface area contributed by atoms with Crippen LogP contribution in [0, 0.1) is 12.8 Å². The lowest BCUT2D eigenvalue weighted by Gasteiger charge is -2.05. The Hall–Kier alpha value is -1.52. The van der Waals surface area contributed by atoms with Crippen LogP contribution in [-0.4, -0.2) is 21.6 Å². The van der Waals surface area contributed by atoms with Gasteiger partial charge in [0.2, 0.25) is 5.88 Å². The zero-order valence-corrected chi connectivity index (χ0v) is 8.00. The minimum Gasteiger partial charge on any atom is -0.492 e. The van der Waals surface area contributed by atoms with E-state index in [1.807, 2.05) is 0 Å². The second-order valence-electron chi connectivity index (χ2n) is 3.67. The topological polar surface area (TPSA) is 78.0 Å². The molecule has 1 aromatic heterocycles. The molecule has 0 spiro atoms. The molecule has 1 fully saturated rings. The highest BCUT2D eigenvalue weighted by Crippen LogP contribution is 2.29. The van der Waals surface area contributed by atoms with E-state index in [9.17, 15) is 9.90 Å². The summed E-state index contributed by atoms with van der Waals surface area (Å²) in [5, 5.41) is 12.3. The fourth-order valence-corrected chi connectivity index (χ4v) is 1.30. The molecule has 0 radical (unpaired) electrons. The Bertz CT molecular complexity index is 396. The average molecular weight is 195 g/mol. The summed E-state index contributed by atoms with van der Waals surface area (Å²) in [7, 11) is 0. The first-order chi connectivity index (χ1) is 6.66. The molecule has 5 heteroatoms. The third kappa shape index (κ3) is 1.86. The van der Waals surface area contributed by atoms with Crippen molar-refractivity contribution < 1.29 is 5.11 Å². The van der Waals surface area contributed by atoms with Gasteiger partial charge in [0.1, 0.15) is 5.82 Å². The van der Waals surface area contributed by atoms with Gasteiger partial charge >= 0.3 is 0 Å². The fourth-order valence-electron chi connectivity index (χ4n) is 1.30. The monoisotopic (exact) mass is 195 g/mol. The van der Waals surface area contributed by atoms with Gasteiger partial charge in [-0.2, -0.15) is 4.98 Å². The van der Waals surface area contributed by atoms with Crippen LogP contribution in [-0.2, 0) is 0 Å². The van der Waals surface area contributed by atoms with Crippen molar-refractivity contribution >= 4 is 5.69 Å². The first-order valence-corrected chi connectivity index (χ1v) is 4.70. The number of hydrogen-bond acceptors (Lipinski definition) is 4. The van der Waals surface area contributed by atoms with Gasteiger partial charge in [-0.1, -0.05) is 0 Å². The molecule has 1 aliphatic rings. The van der Waals surface area contributed by atoms with Gasteiger partial charge in [0.05, 0.1) is 0 Å². The van der Waals surface area contributed by atoms with Crippen LogP contribution in [0.2, 0.25) is 0 Å². The number of nitrogens with zero attached hydrogens (tertiary/aromatic N) is 1. The number of rotatable bonds is 3. The standard InChI is InChI=1S/C9H13N3O2/c1-5-11-8(13)7(9(14)12-5)10-4-6-2-3-6/h6,10H,2-4H2,1H3,(H2,11,12,13,14). The molecule has 76 valence electrons. The highest BCUT2D eigenvalue weighted by molar-refractivity contribution is 5.49. The zero-order valence-electron chi connectivity index (χ0n) is 8.00. The molecule has 0 amide bonds. The molecule has 14 heavy (non-hydrogen) atoms. The molecule has 1 saturated carbocycles. The summed E-state index contributed by atoms with van der Waals surface area (Å²) in [4.78, 5) is 17.7. The lowest BCUT2D eigenvalue weighted by atomic mass is 10.4. The van der Waals surface area contributed by atoms with Gasteiger partial charge in [0.25, 0.3) is 5.56 Å². The third-order valence-corrected chi connectivity index (χ3v) is 2.28. The summed E-state index contributed by atoms with van der Waals surface area (Å²) >= 11 is 0. The molecule has 2 rings (SSSR count). The third-order valence-electron chi connectivity index (χ3n) is 2.28. The minimum atomic E-state index is -0.310. The maximum atomic E-state index is 11.4. The van der Waals surface area contributed by atoms with Crippen molar-refractivity contribution in [3.63, 3.8) is 0 Å². The van der Waals surface area contributed by atoms with Crippen LogP contribution in [0.15, 0.2) is 4.79 Å². The lowest BCUT2D eigenvalue weighted by molar-refractivity contribution is 0.451. The number of hydrogen-bond donors (Lipinski definition) is 3. The molecule has 3 N–H and O–H groups in total. The number of anilines is 1. The van der Waals surface area contributed by atoms with Gasteiger partial charge in [-0.05, 0) is 25.7 Å². The fraction of sp³-hybridized carbons (Fsp3) is 0.556. The van der Waals surface area contributed by atoms with Crippen molar-refractivity contribution in [2.24, 2.45) is 5.92 Å². The van der Waals surface area contributed by atoms with E-state index in [1.165, 1.54) is 12.8 Å². The number of aromatic amines is 1. The molecule has 0 atom stereocenters. The quantitative estimate of drug-likeness (QED) is 0.660. The van der Waals surface area contributed by atoms with Crippen molar-refractivity contribution in [1.82, 2.24) is 9.97 Å². The molecule has 1 aromatic rings. The summed E-state index contributed by atoms with van der Waals surface area (Å²) in [5.41, 5.74) is -0.127. The van der Waals surface area contributed by atoms with E-state index in [1.54, 1.807) is 6.92 Å². The van der Waals surface area contributed by atoms with Gasteiger partial charge in [-0.3, -0.25) is 4.79 Å². The molecule has 1 heterocycles. The molecular weight excluding hydrogens is 182 g/mol. The largest absolute Gasteiger partial charge is 0.492 e. The van der Waals surface area contributed by atoms with Crippen LogP contribution in [0.1, 0.15) is 18.7 Å². The zero-order chi connectivity index (χ0) is 10.1. The Morgan fingerprint density at radius 2 is 2.36 bits per heavy atom. The lowest BCUT2D eigenvalue weighted by Crippen LogP contribution is -2.17. The first-order valence-electron chi connectivity index (χ1n) is 4.70. The van der Waals surface area contributed by atoms with Gasteiger partial charge in [-0.25, -0.2) is 0 Å². The Labute approximate surface area is 81.2 Å². The van der Waals surface area contributed by atoms with E-state index >= 15 is 0 Å². The van der Waals surface area contributed by atoms with Crippen LogP contribution in [0.4, 0.5) is 5.69 Å². The summed E-state index contributed by atoms with van der Waals surface area (Å²) in [6.07, 6.45) is 2.40. The smallest absolute Gasteiger partial charge is 0.278 e. The van der Waals surface area contributed by atoms with E-state index in [2.05, 4.69) is 15.3 Å². The molecule has 0 aliphatic heterocycles. The molecule has 1 aliphatic carbocycles. The molecule has 0 bridgehead atoms. The maximum Gasteiger partial charge on any atom is 0.278 e. The van der Waals surface area contributed by atoms with E-state index in [4.69, 9.17) is 0 Å². The maximum absolute atomic E-state index is 11.4. The van der Waals surface area contributed by atoms with Crippen LogP contribution >= 0.6 is 0 Å². The summed E-state index contributed by atoms with van der Waals surface area (Å²) < 4.78 is 0. The van der Waals surface area contributed by atoms with E-state index < -0.39 is 0 Å². The number of H-pyrrole nitrogens is 1. The Balaban J connectivity index is 2.18. The van der Waals surface area contributed by atoms with Crippen LogP contribution in [0.3, 0.4) is 0 Å². The predicted octanol–water partition coefficient (Wildman–Crippen LogP) is 0.606. The second kappa shape index (κ2) is 3.32. The van der Waals surface area contributed by atoms with E-state index in [-0.39, 0.29) is 17.1 Å². The average Bonchev–Trinajstić information content (AvgIpc) is 2.85. The van der Waals surface area contributed by atoms with Crippen molar-refractivity contribution in [2.45, 2.75) is 19.8 Å². The number of nitrogens with one attached hydrogen (secondary N) is 2. The highest BCUT2D eigenvalue weighted by atomic mass is 16.3. The summed E-state index contributed by atoms with van der Waals surface area (Å²) in [6, 6.07) is 0. The Morgan fingerprint density at radius 1 is 1.64 bits per heavy atom. The number of aromatic nitrogens is 2. The van der Waals surface area contributed by atoms with Gasteiger partial charge in [0, 0.05) is 6.54 Å². The van der Waals surface area contributed by atoms with Gasteiger partial charge < -0.3 is 15.4 Å². The molecule has 0 saturated heterocycles. The Morgan fingerprint density at radius 3 is 2.93 bits per heavy atom. The molecule has 0 unspecified atom stereocenters. The minimum absolute atomic E-state index is 0.183. The Kier molecular flexibility index (Phi) is 2.15. The second-order valence-corrected chi connectivity index (χ2v) is 3.67. The molecular formula is C9H13N3O2. The van der Waals surface area contributed by atoms with E-state index in [0.717, 1.165) is 6.54 Å². The van der Waals surface area contributed by atoms with Crippen LogP contribution in [0.5, 0.6) is 5.88 Å².